The zero-order valence-electron chi connectivity index (χ0n) is 9.62. The summed E-state index contributed by atoms with van der Waals surface area (Å²) in [5.41, 5.74) is 5.53. The molecular formula is C10H22N2O3. The normalized spacial score (nSPS) is 12.5. The summed E-state index contributed by atoms with van der Waals surface area (Å²) in [5, 5.41) is 2.75. The van der Waals surface area contributed by atoms with E-state index < -0.39 is 0 Å². The number of rotatable bonds is 9. The van der Waals surface area contributed by atoms with Gasteiger partial charge < -0.3 is 20.5 Å². The summed E-state index contributed by atoms with van der Waals surface area (Å²) >= 11 is 0. The van der Waals surface area contributed by atoms with Crippen molar-refractivity contribution in [2.75, 3.05) is 33.5 Å². The van der Waals surface area contributed by atoms with Crippen LogP contribution < -0.4 is 11.1 Å². The average molecular weight is 218 g/mol. The number of ether oxygens (including phenoxy) is 2. The molecule has 0 aromatic rings. The average Bonchev–Trinajstić information content (AvgIpc) is 2.20. The van der Waals surface area contributed by atoms with Gasteiger partial charge >= 0.3 is 0 Å². The van der Waals surface area contributed by atoms with E-state index in [1.54, 1.807) is 7.11 Å². The Morgan fingerprint density at radius 1 is 1.40 bits per heavy atom. The van der Waals surface area contributed by atoms with Crippen molar-refractivity contribution in [1.82, 2.24) is 5.32 Å². The second-order valence-electron chi connectivity index (χ2n) is 3.47. The second-order valence-corrected chi connectivity index (χ2v) is 3.47. The highest BCUT2D eigenvalue weighted by Gasteiger charge is 2.02. The minimum atomic E-state index is 0.0302. The summed E-state index contributed by atoms with van der Waals surface area (Å²) in [6.07, 6.45) is 1.20. The van der Waals surface area contributed by atoms with Gasteiger partial charge in [-0.2, -0.15) is 0 Å². The fraction of sp³-hybridized carbons (Fsp3) is 0.900. The summed E-state index contributed by atoms with van der Waals surface area (Å²) in [6.45, 7) is 4.10. The standard InChI is InChI=1S/C10H22N2O3/c1-9(11)3-4-10(13)12-5-6-15-8-7-14-2/h9H,3-8,11H2,1-2H3,(H,12,13). The van der Waals surface area contributed by atoms with Crippen molar-refractivity contribution in [2.24, 2.45) is 5.73 Å². The van der Waals surface area contributed by atoms with E-state index in [2.05, 4.69) is 5.32 Å². The van der Waals surface area contributed by atoms with Crippen molar-refractivity contribution in [2.45, 2.75) is 25.8 Å². The molecule has 0 spiro atoms. The molecule has 5 heteroatoms. The molecule has 0 saturated heterocycles. The summed E-state index contributed by atoms with van der Waals surface area (Å²) in [7, 11) is 1.62. The maximum atomic E-state index is 11.2. The molecule has 0 aliphatic rings. The van der Waals surface area contributed by atoms with Crippen LogP contribution in [0.3, 0.4) is 0 Å². The van der Waals surface area contributed by atoms with Crippen LogP contribution in [0, 0.1) is 0 Å². The van der Waals surface area contributed by atoms with Gasteiger partial charge in [0.1, 0.15) is 0 Å². The Morgan fingerprint density at radius 3 is 2.73 bits per heavy atom. The number of methoxy groups -OCH3 is 1. The Morgan fingerprint density at radius 2 is 2.13 bits per heavy atom. The van der Waals surface area contributed by atoms with Crippen molar-refractivity contribution in [1.29, 1.82) is 0 Å². The van der Waals surface area contributed by atoms with Crippen LogP contribution in [-0.4, -0.2) is 45.4 Å². The second kappa shape index (κ2) is 9.89. The van der Waals surface area contributed by atoms with E-state index in [0.29, 0.717) is 32.8 Å². The van der Waals surface area contributed by atoms with E-state index in [0.717, 1.165) is 6.42 Å². The molecule has 0 rings (SSSR count). The molecular weight excluding hydrogens is 196 g/mol. The first-order chi connectivity index (χ1) is 7.16. The van der Waals surface area contributed by atoms with Crippen molar-refractivity contribution >= 4 is 5.91 Å². The van der Waals surface area contributed by atoms with Crippen LogP contribution in [0.1, 0.15) is 19.8 Å². The van der Waals surface area contributed by atoms with Crippen LogP contribution in [0.15, 0.2) is 0 Å². The minimum Gasteiger partial charge on any atom is -0.382 e. The van der Waals surface area contributed by atoms with Crippen molar-refractivity contribution in [3.63, 3.8) is 0 Å². The van der Waals surface area contributed by atoms with Gasteiger partial charge in [-0.3, -0.25) is 4.79 Å². The van der Waals surface area contributed by atoms with Crippen LogP contribution >= 0.6 is 0 Å². The molecule has 1 unspecified atom stereocenters. The third-order valence-corrected chi connectivity index (χ3v) is 1.83. The first-order valence-corrected chi connectivity index (χ1v) is 5.25. The Bertz CT molecular complexity index is 163. The Hall–Kier alpha value is -0.650. The largest absolute Gasteiger partial charge is 0.382 e. The summed E-state index contributed by atoms with van der Waals surface area (Å²) in [6, 6.07) is 0.0775. The molecule has 90 valence electrons. The first-order valence-electron chi connectivity index (χ1n) is 5.25. The number of nitrogens with two attached hydrogens (primary N) is 1. The summed E-state index contributed by atoms with van der Waals surface area (Å²) in [4.78, 5) is 11.2. The van der Waals surface area contributed by atoms with Crippen LogP contribution in [-0.2, 0) is 14.3 Å². The molecule has 3 N–H and O–H groups in total. The molecule has 0 fully saturated rings. The molecule has 0 aromatic heterocycles. The van der Waals surface area contributed by atoms with E-state index >= 15 is 0 Å². The van der Waals surface area contributed by atoms with Gasteiger partial charge in [0, 0.05) is 26.1 Å². The van der Waals surface area contributed by atoms with E-state index in [4.69, 9.17) is 15.2 Å². The van der Waals surface area contributed by atoms with E-state index in [9.17, 15) is 4.79 Å². The van der Waals surface area contributed by atoms with Gasteiger partial charge in [0.2, 0.25) is 5.91 Å². The number of carbonyl (C=O) groups excluding carboxylic acids is 1. The first kappa shape index (κ1) is 14.3. The van der Waals surface area contributed by atoms with Gasteiger partial charge in [-0.15, -0.1) is 0 Å². The third-order valence-electron chi connectivity index (χ3n) is 1.83. The fourth-order valence-corrected chi connectivity index (χ4v) is 0.954. The number of amides is 1. The van der Waals surface area contributed by atoms with Crippen LogP contribution in [0.5, 0.6) is 0 Å². The van der Waals surface area contributed by atoms with Gasteiger partial charge in [-0.1, -0.05) is 0 Å². The molecule has 0 bridgehead atoms. The van der Waals surface area contributed by atoms with Gasteiger partial charge in [0.25, 0.3) is 0 Å². The lowest BCUT2D eigenvalue weighted by atomic mass is 10.2. The van der Waals surface area contributed by atoms with E-state index in [1.807, 2.05) is 6.92 Å². The monoisotopic (exact) mass is 218 g/mol. The van der Waals surface area contributed by atoms with Crippen molar-refractivity contribution in [3.8, 4) is 0 Å². The van der Waals surface area contributed by atoms with Crippen molar-refractivity contribution < 1.29 is 14.3 Å². The van der Waals surface area contributed by atoms with Gasteiger partial charge in [-0.25, -0.2) is 0 Å². The topological polar surface area (TPSA) is 73.6 Å². The smallest absolute Gasteiger partial charge is 0.220 e. The quantitative estimate of drug-likeness (QED) is 0.530. The summed E-state index contributed by atoms with van der Waals surface area (Å²) < 4.78 is 9.99. The number of carbonyl (C=O) groups is 1. The molecule has 1 atom stereocenters. The number of hydrogen-bond donors (Lipinski definition) is 2. The van der Waals surface area contributed by atoms with Gasteiger partial charge in [0.05, 0.1) is 19.8 Å². The lowest BCUT2D eigenvalue weighted by Gasteiger charge is -2.07. The molecule has 5 nitrogen and oxygen atoms in total. The summed E-state index contributed by atoms with van der Waals surface area (Å²) in [5.74, 6) is 0.0302. The fourth-order valence-electron chi connectivity index (χ4n) is 0.954. The van der Waals surface area contributed by atoms with Crippen LogP contribution in [0.4, 0.5) is 0 Å². The molecule has 0 aliphatic heterocycles. The van der Waals surface area contributed by atoms with E-state index in [-0.39, 0.29) is 11.9 Å². The SMILES string of the molecule is COCCOCCNC(=O)CCC(C)N. The highest BCUT2D eigenvalue weighted by atomic mass is 16.5. The zero-order valence-corrected chi connectivity index (χ0v) is 9.62. The zero-order chi connectivity index (χ0) is 11.5. The lowest BCUT2D eigenvalue weighted by molar-refractivity contribution is -0.121. The van der Waals surface area contributed by atoms with E-state index in [1.165, 1.54) is 0 Å². The maximum absolute atomic E-state index is 11.2. The Labute approximate surface area is 91.3 Å². The highest BCUT2D eigenvalue weighted by molar-refractivity contribution is 5.75. The van der Waals surface area contributed by atoms with Crippen LogP contribution in [0.2, 0.25) is 0 Å². The Balaban J connectivity index is 3.17. The third kappa shape index (κ3) is 11.3. The molecule has 0 aliphatic carbocycles. The van der Waals surface area contributed by atoms with Gasteiger partial charge in [-0.05, 0) is 13.3 Å². The van der Waals surface area contributed by atoms with Gasteiger partial charge in [0.15, 0.2) is 0 Å². The number of nitrogens with one attached hydrogen (secondary N) is 1. The van der Waals surface area contributed by atoms with Crippen molar-refractivity contribution in [3.05, 3.63) is 0 Å². The molecule has 0 aromatic carbocycles. The maximum Gasteiger partial charge on any atom is 0.220 e. The predicted octanol–water partition coefficient (Wildman–Crippen LogP) is -0.107. The number of hydrogen-bond acceptors (Lipinski definition) is 4. The Kier molecular flexibility index (Phi) is 9.46. The molecule has 0 heterocycles. The predicted molar refractivity (Wildman–Crippen MR) is 58.6 cm³/mol. The highest BCUT2D eigenvalue weighted by Crippen LogP contribution is 1.92. The molecule has 15 heavy (non-hydrogen) atoms. The lowest BCUT2D eigenvalue weighted by Crippen LogP contribution is -2.29. The molecule has 1 amide bonds. The molecule has 0 radical (unpaired) electrons. The van der Waals surface area contributed by atoms with Crippen LogP contribution in [0.25, 0.3) is 0 Å². The minimum absolute atomic E-state index is 0.0302. The molecule has 0 saturated carbocycles.